The third kappa shape index (κ3) is 4.47. The highest BCUT2D eigenvalue weighted by Gasteiger charge is 2.26. The topological polar surface area (TPSA) is 15.3 Å². The van der Waals surface area contributed by atoms with Gasteiger partial charge in [0.05, 0.1) is 0 Å². The zero-order chi connectivity index (χ0) is 14.6. The van der Waals surface area contributed by atoms with Gasteiger partial charge in [0.2, 0.25) is 0 Å². The highest BCUT2D eigenvalue weighted by atomic mass is 35.5. The fourth-order valence-electron chi connectivity index (χ4n) is 3.22. The minimum absolute atomic E-state index is 0.414. The van der Waals surface area contributed by atoms with E-state index in [0.717, 1.165) is 18.0 Å². The van der Waals surface area contributed by atoms with Gasteiger partial charge in [0, 0.05) is 17.6 Å². The maximum atomic E-state index is 5.96. The lowest BCUT2D eigenvalue weighted by molar-refractivity contribution is 0.113. The van der Waals surface area contributed by atoms with Crippen LogP contribution in [0.4, 0.5) is 0 Å². The van der Waals surface area contributed by atoms with Crippen molar-refractivity contribution in [3.05, 3.63) is 34.9 Å². The van der Waals surface area contributed by atoms with Crippen LogP contribution in [-0.2, 0) is 0 Å². The van der Waals surface area contributed by atoms with Crippen LogP contribution >= 0.6 is 11.6 Å². The molecule has 1 aromatic rings. The Morgan fingerprint density at radius 3 is 2.60 bits per heavy atom. The summed E-state index contributed by atoms with van der Waals surface area (Å²) < 4.78 is 0. The van der Waals surface area contributed by atoms with E-state index in [0.29, 0.717) is 11.5 Å². The quantitative estimate of drug-likeness (QED) is 0.879. The fraction of sp³-hybridized carbons (Fsp3) is 0.647. The van der Waals surface area contributed by atoms with Crippen LogP contribution in [0.3, 0.4) is 0 Å². The Bertz CT molecular complexity index is 414. The van der Waals surface area contributed by atoms with E-state index < -0.39 is 0 Å². The minimum atomic E-state index is 0.414. The third-order valence-corrected chi connectivity index (χ3v) is 4.59. The van der Waals surface area contributed by atoms with E-state index in [4.69, 9.17) is 11.6 Å². The van der Waals surface area contributed by atoms with Crippen molar-refractivity contribution in [2.45, 2.75) is 39.2 Å². The van der Waals surface area contributed by atoms with Crippen LogP contribution in [0.25, 0.3) is 0 Å². The number of nitrogens with one attached hydrogen (secondary N) is 1. The second-order valence-electron chi connectivity index (χ2n) is 6.73. The van der Waals surface area contributed by atoms with Crippen molar-refractivity contribution in [1.29, 1.82) is 0 Å². The lowest BCUT2D eigenvalue weighted by atomic mass is 9.84. The summed E-state index contributed by atoms with van der Waals surface area (Å²) in [7, 11) is 2.04. The Kier molecular flexibility index (Phi) is 5.48. The Balaban J connectivity index is 1.89. The van der Waals surface area contributed by atoms with Crippen LogP contribution < -0.4 is 5.32 Å². The van der Waals surface area contributed by atoms with Crippen molar-refractivity contribution >= 4 is 11.6 Å². The second-order valence-corrected chi connectivity index (χ2v) is 7.16. The van der Waals surface area contributed by atoms with E-state index in [-0.39, 0.29) is 0 Å². The molecule has 0 aromatic heterocycles. The first kappa shape index (κ1) is 15.8. The SMILES string of the molecule is CNC(CCN1CCCC(C)(C)C1)c1ccc(Cl)cc1. The van der Waals surface area contributed by atoms with Crippen molar-refractivity contribution in [2.75, 3.05) is 26.7 Å². The number of hydrogen-bond donors (Lipinski definition) is 1. The molecule has 2 nitrogen and oxygen atoms in total. The monoisotopic (exact) mass is 294 g/mol. The van der Waals surface area contributed by atoms with E-state index in [1.807, 2.05) is 19.2 Å². The van der Waals surface area contributed by atoms with Crippen molar-refractivity contribution in [2.24, 2.45) is 5.41 Å². The van der Waals surface area contributed by atoms with Gasteiger partial charge in [-0.05, 0) is 62.5 Å². The fourth-order valence-corrected chi connectivity index (χ4v) is 3.35. The first-order valence-electron chi connectivity index (χ1n) is 7.65. The number of hydrogen-bond acceptors (Lipinski definition) is 2. The maximum absolute atomic E-state index is 5.96. The predicted octanol–water partition coefficient (Wildman–Crippen LogP) is 4.11. The van der Waals surface area contributed by atoms with Gasteiger partial charge >= 0.3 is 0 Å². The van der Waals surface area contributed by atoms with E-state index in [9.17, 15) is 0 Å². The number of nitrogens with zero attached hydrogens (tertiary/aromatic N) is 1. The zero-order valence-corrected chi connectivity index (χ0v) is 13.7. The van der Waals surface area contributed by atoms with Gasteiger partial charge in [0.1, 0.15) is 0 Å². The van der Waals surface area contributed by atoms with E-state index in [1.54, 1.807) is 0 Å². The number of piperidine rings is 1. The van der Waals surface area contributed by atoms with Gasteiger partial charge < -0.3 is 10.2 Å². The van der Waals surface area contributed by atoms with Gasteiger partial charge in [-0.1, -0.05) is 37.6 Å². The first-order chi connectivity index (χ1) is 9.50. The summed E-state index contributed by atoms with van der Waals surface area (Å²) in [6.45, 7) is 8.41. The van der Waals surface area contributed by atoms with Crippen molar-refractivity contribution < 1.29 is 0 Å². The molecule has 1 aromatic carbocycles. The summed E-state index contributed by atoms with van der Waals surface area (Å²) in [5.41, 5.74) is 1.81. The zero-order valence-electron chi connectivity index (χ0n) is 13.0. The van der Waals surface area contributed by atoms with Gasteiger partial charge in [0.15, 0.2) is 0 Å². The van der Waals surface area contributed by atoms with Gasteiger partial charge in [0.25, 0.3) is 0 Å². The molecule has 0 bridgehead atoms. The average Bonchev–Trinajstić information content (AvgIpc) is 2.40. The number of rotatable bonds is 5. The van der Waals surface area contributed by atoms with Crippen LogP contribution in [0.5, 0.6) is 0 Å². The van der Waals surface area contributed by atoms with Crippen molar-refractivity contribution in [1.82, 2.24) is 10.2 Å². The van der Waals surface area contributed by atoms with Crippen molar-refractivity contribution in [3.63, 3.8) is 0 Å². The van der Waals surface area contributed by atoms with Crippen molar-refractivity contribution in [3.8, 4) is 0 Å². The molecule has 1 atom stereocenters. The smallest absolute Gasteiger partial charge is 0.0406 e. The van der Waals surface area contributed by atoms with E-state index >= 15 is 0 Å². The molecule has 0 amide bonds. The molecule has 1 saturated heterocycles. The lowest BCUT2D eigenvalue weighted by Gasteiger charge is -2.38. The van der Waals surface area contributed by atoms with Gasteiger partial charge in [-0.25, -0.2) is 0 Å². The molecule has 0 spiro atoms. The molecule has 1 heterocycles. The summed E-state index contributed by atoms with van der Waals surface area (Å²) in [5.74, 6) is 0. The third-order valence-electron chi connectivity index (χ3n) is 4.33. The molecule has 112 valence electrons. The van der Waals surface area contributed by atoms with Crippen LogP contribution in [0.2, 0.25) is 5.02 Å². The van der Waals surface area contributed by atoms with Gasteiger partial charge in [-0.15, -0.1) is 0 Å². The van der Waals surface area contributed by atoms with Gasteiger partial charge in [-0.3, -0.25) is 0 Å². The Morgan fingerprint density at radius 2 is 2.00 bits per heavy atom. The largest absolute Gasteiger partial charge is 0.313 e. The minimum Gasteiger partial charge on any atom is -0.313 e. The Morgan fingerprint density at radius 1 is 1.30 bits per heavy atom. The normalized spacial score (nSPS) is 20.8. The summed E-state index contributed by atoms with van der Waals surface area (Å²) in [4.78, 5) is 2.61. The maximum Gasteiger partial charge on any atom is 0.0406 e. The predicted molar refractivity (Wildman–Crippen MR) is 87.3 cm³/mol. The molecule has 0 aliphatic carbocycles. The number of benzene rings is 1. The molecular weight excluding hydrogens is 268 g/mol. The first-order valence-corrected chi connectivity index (χ1v) is 8.03. The molecule has 1 fully saturated rings. The molecule has 3 heteroatoms. The summed E-state index contributed by atoms with van der Waals surface area (Å²) in [6, 6.07) is 8.63. The highest BCUT2D eigenvalue weighted by molar-refractivity contribution is 6.30. The summed E-state index contributed by atoms with van der Waals surface area (Å²) in [6.07, 6.45) is 3.84. The Labute approximate surface area is 128 Å². The Hall–Kier alpha value is -0.570. The number of likely N-dealkylation sites (tertiary alicyclic amines) is 1. The highest BCUT2D eigenvalue weighted by Crippen LogP contribution is 2.29. The van der Waals surface area contributed by atoms with Crippen LogP contribution in [0, 0.1) is 5.41 Å². The summed E-state index contributed by atoms with van der Waals surface area (Å²) in [5, 5.41) is 4.24. The van der Waals surface area contributed by atoms with Gasteiger partial charge in [-0.2, -0.15) is 0 Å². The molecular formula is C17H27ClN2. The standard InChI is InChI=1S/C17H27ClN2/c1-17(2)10-4-11-20(13-17)12-9-16(19-3)14-5-7-15(18)8-6-14/h5-8,16,19H,4,9-13H2,1-3H3. The lowest BCUT2D eigenvalue weighted by Crippen LogP contribution is -2.41. The van der Waals surface area contributed by atoms with E-state index in [2.05, 4.69) is 36.2 Å². The summed E-state index contributed by atoms with van der Waals surface area (Å²) >= 11 is 5.96. The number of halogens is 1. The molecule has 1 unspecified atom stereocenters. The van der Waals surface area contributed by atoms with Crippen LogP contribution in [0.15, 0.2) is 24.3 Å². The second kappa shape index (κ2) is 6.93. The molecule has 1 N–H and O–H groups in total. The molecule has 0 radical (unpaired) electrons. The molecule has 1 aliphatic rings. The van der Waals surface area contributed by atoms with Crippen LogP contribution in [-0.4, -0.2) is 31.6 Å². The van der Waals surface area contributed by atoms with E-state index in [1.165, 1.54) is 31.5 Å². The average molecular weight is 295 g/mol. The van der Waals surface area contributed by atoms with Crippen LogP contribution in [0.1, 0.15) is 44.7 Å². The molecule has 2 rings (SSSR count). The molecule has 0 saturated carbocycles. The molecule has 20 heavy (non-hydrogen) atoms. The molecule has 1 aliphatic heterocycles.